The maximum Gasteiger partial charge on any atom is 0.329 e. The number of pyridine rings is 1. The van der Waals surface area contributed by atoms with Crippen molar-refractivity contribution in [2.45, 2.75) is 13.8 Å². The Balaban J connectivity index is 2.60. The highest BCUT2D eigenvalue weighted by Gasteiger charge is 2.25. The first-order valence-corrected chi connectivity index (χ1v) is 9.12. The Morgan fingerprint density at radius 2 is 2.04 bits per heavy atom. The average Bonchev–Trinajstić information content (AvgIpc) is 2.57. The van der Waals surface area contributed by atoms with Gasteiger partial charge < -0.3 is 4.90 Å². The molecular formula is C16H19ClN4O3S. The molecule has 1 unspecified atom stereocenters. The predicted octanol–water partition coefficient (Wildman–Crippen LogP) is 3.88. The van der Waals surface area contributed by atoms with Gasteiger partial charge in [-0.15, -0.1) is 0 Å². The first-order chi connectivity index (χ1) is 12.0. The highest BCUT2D eigenvalue weighted by molar-refractivity contribution is 7.80. The van der Waals surface area contributed by atoms with Crippen molar-refractivity contribution in [3.05, 3.63) is 47.7 Å². The number of urea groups is 1. The molecule has 2 aromatic rings. The van der Waals surface area contributed by atoms with Crippen molar-refractivity contribution in [3.63, 3.8) is 0 Å². The van der Waals surface area contributed by atoms with Gasteiger partial charge in [0, 0.05) is 24.3 Å². The molecule has 2 N–H and O–H groups in total. The van der Waals surface area contributed by atoms with Gasteiger partial charge in [-0.3, -0.25) is 19.2 Å². The summed E-state index contributed by atoms with van der Waals surface area (Å²) < 4.78 is 22.7. The number of carbonyl (C=O) groups is 1. The molecule has 7 nitrogen and oxygen atoms in total. The summed E-state index contributed by atoms with van der Waals surface area (Å²) >= 11 is 3.79. The Bertz CT molecular complexity index is 771. The minimum absolute atomic E-state index is 0.254. The van der Waals surface area contributed by atoms with E-state index in [2.05, 4.69) is 9.71 Å². The van der Waals surface area contributed by atoms with Gasteiger partial charge in [-0.1, -0.05) is 17.7 Å². The van der Waals surface area contributed by atoms with Crippen molar-refractivity contribution in [1.29, 1.82) is 0 Å². The van der Waals surface area contributed by atoms with Gasteiger partial charge in [-0.2, -0.15) is 0 Å². The van der Waals surface area contributed by atoms with E-state index >= 15 is 0 Å². The summed E-state index contributed by atoms with van der Waals surface area (Å²) in [5.41, 5.74) is 1.20. The van der Waals surface area contributed by atoms with Crippen molar-refractivity contribution < 1.29 is 13.6 Å². The Hall–Kier alpha value is -2.16. The summed E-state index contributed by atoms with van der Waals surface area (Å²) in [6, 6.07) is 8.16. The van der Waals surface area contributed by atoms with Crippen LogP contribution in [0.4, 0.5) is 21.9 Å². The van der Waals surface area contributed by atoms with Crippen molar-refractivity contribution >= 4 is 46.0 Å². The van der Waals surface area contributed by atoms with Crippen LogP contribution in [0.5, 0.6) is 0 Å². The van der Waals surface area contributed by atoms with Gasteiger partial charge in [0.1, 0.15) is 0 Å². The normalized spacial score (nSPS) is 11.7. The standard InChI is InChI=1S/C16H19ClN4O3S/c1-3-20(4-2)16(22)21(13-7-5-6-12(17)10-13)15-8-9-18-11-14(15)19-25(23)24/h5-11,19H,3-4H2,1-2H3,(H,23,24). The molecule has 1 aromatic heterocycles. The fourth-order valence-electron chi connectivity index (χ4n) is 2.36. The zero-order valence-corrected chi connectivity index (χ0v) is 15.4. The van der Waals surface area contributed by atoms with Crippen molar-refractivity contribution in [1.82, 2.24) is 9.88 Å². The molecule has 0 radical (unpaired) electrons. The van der Waals surface area contributed by atoms with Gasteiger partial charge in [0.25, 0.3) is 11.3 Å². The fourth-order valence-corrected chi connectivity index (χ4v) is 2.89. The van der Waals surface area contributed by atoms with Crippen LogP contribution in [0.3, 0.4) is 0 Å². The van der Waals surface area contributed by atoms with Crippen molar-refractivity contribution in [2.75, 3.05) is 22.7 Å². The Labute approximate surface area is 154 Å². The number of nitrogens with one attached hydrogen (secondary N) is 1. The number of hydrogen-bond donors (Lipinski definition) is 2. The van der Waals surface area contributed by atoms with E-state index in [-0.39, 0.29) is 11.7 Å². The molecule has 0 bridgehead atoms. The van der Waals surface area contributed by atoms with Gasteiger partial charge in [0.05, 0.1) is 23.3 Å². The summed E-state index contributed by atoms with van der Waals surface area (Å²) in [7, 11) is 0. The molecule has 0 aliphatic heterocycles. The molecule has 0 saturated carbocycles. The van der Waals surface area contributed by atoms with Gasteiger partial charge in [0.15, 0.2) is 0 Å². The molecule has 0 saturated heterocycles. The maximum atomic E-state index is 13.1. The molecule has 1 heterocycles. The first-order valence-electron chi connectivity index (χ1n) is 7.64. The molecule has 0 aliphatic rings. The second kappa shape index (κ2) is 8.80. The summed E-state index contributed by atoms with van der Waals surface area (Å²) in [5, 5.41) is 0.476. The number of rotatable bonds is 6. The van der Waals surface area contributed by atoms with Crippen LogP contribution in [-0.4, -0.2) is 37.8 Å². The van der Waals surface area contributed by atoms with Crippen molar-refractivity contribution in [2.24, 2.45) is 0 Å². The lowest BCUT2D eigenvalue weighted by Crippen LogP contribution is -2.41. The van der Waals surface area contributed by atoms with E-state index in [0.717, 1.165) is 0 Å². The molecule has 1 aromatic carbocycles. The molecular weight excluding hydrogens is 364 g/mol. The number of amides is 2. The largest absolute Gasteiger partial charge is 0.329 e. The van der Waals surface area contributed by atoms with E-state index in [4.69, 9.17) is 16.2 Å². The molecule has 9 heteroatoms. The smallest absolute Gasteiger partial charge is 0.325 e. The van der Waals surface area contributed by atoms with Crippen LogP contribution in [0.15, 0.2) is 42.7 Å². The highest BCUT2D eigenvalue weighted by atomic mass is 35.5. The number of hydrogen-bond acceptors (Lipinski definition) is 3. The Kier molecular flexibility index (Phi) is 6.74. The van der Waals surface area contributed by atoms with Crippen LogP contribution in [0.1, 0.15) is 13.8 Å². The van der Waals surface area contributed by atoms with E-state index in [1.807, 2.05) is 13.8 Å². The van der Waals surface area contributed by atoms with E-state index in [1.165, 1.54) is 17.3 Å². The molecule has 0 aliphatic carbocycles. The number of aromatic nitrogens is 1. The summed E-state index contributed by atoms with van der Waals surface area (Å²) in [6.07, 6.45) is 2.89. The molecule has 25 heavy (non-hydrogen) atoms. The quantitative estimate of drug-likeness (QED) is 0.742. The second-order valence-corrected chi connectivity index (χ2v) is 6.15. The van der Waals surface area contributed by atoms with Crippen molar-refractivity contribution in [3.8, 4) is 0 Å². The van der Waals surface area contributed by atoms with E-state index < -0.39 is 11.3 Å². The first kappa shape index (κ1) is 19.2. The molecule has 2 rings (SSSR count). The topological polar surface area (TPSA) is 85.8 Å². The lowest BCUT2D eigenvalue weighted by Gasteiger charge is -2.30. The van der Waals surface area contributed by atoms with Crippen LogP contribution in [0, 0.1) is 0 Å². The van der Waals surface area contributed by atoms with Gasteiger partial charge in [-0.05, 0) is 38.1 Å². The summed E-state index contributed by atoms with van der Waals surface area (Å²) in [6.45, 7) is 4.80. The summed E-state index contributed by atoms with van der Waals surface area (Å²) in [4.78, 5) is 20.1. The van der Waals surface area contributed by atoms with E-state index in [9.17, 15) is 9.00 Å². The van der Waals surface area contributed by atoms with Gasteiger partial charge >= 0.3 is 6.03 Å². The zero-order chi connectivity index (χ0) is 18.4. The molecule has 0 spiro atoms. The predicted molar refractivity (Wildman–Crippen MR) is 101 cm³/mol. The van der Waals surface area contributed by atoms with Gasteiger partial charge in [-0.25, -0.2) is 9.00 Å². The Morgan fingerprint density at radius 1 is 1.32 bits per heavy atom. The third-order valence-corrected chi connectivity index (χ3v) is 4.16. The average molecular weight is 383 g/mol. The number of anilines is 3. The lowest BCUT2D eigenvalue weighted by molar-refractivity contribution is 0.212. The lowest BCUT2D eigenvalue weighted by atomic mass is 10.2. The van der Waals surface area contributed by atoms with E-state index in [0.29, 0.717) is 29.5 Å². The number of halogens is 1. The SMILES string of the molecule is CCN(CC)C(=O)N(c1cccc(Cl)c1)c1ccncc1NS(=O)O. The summed E-state index contributed by atoms with van der Waals surface area (Å²) in [5.74, 6) is 0. The third-order valence-electron chi connectivity index (χ3n) is 3.53. The zero-order valence-electron chi connectivity index (χ0n) is 13.8. The van der Waals surface area contributed by atoms with Crippen LogP contribution in [-0.2, 0) is 11.3 Å². The minimum Gasteiger partial charge on any atom is -0.325 e. The molecule has 0 fully saturated rings. The van der Waals surface area contributed by atoms with Gasteiger partial charge in [0.2, 0.25) is 0 Å². The number of carbonyl (C=O) groups excluding carboxylic acids is 1. The minimum atomic E-state index is -2.30. The van der Waals surface area contributed by atoms with E-state index in [1.54, 1.807) is 35.2 Å². The van der Waals surface area contributed by atoms with Crippen LogP contribution in [0.25, 0.3) is 0 Å². The molecule has 134 valence electrons. The number of nitrogens with zero attached hydrogens (tertiary/aromatic N) is 3. The van der Waals surface area contributed by atoms with Crippen LogP contribution >= 0.6 is 11.6 Å². The third kappa shape index (κ3) is 4.68. The monoisotopic (exact) mass is 382 g/mol. The fraction of sp³-hybridized carbons (Fsp3) is 0.250. The van der Waals surface area contributed by atoms with Crippen LogP contribution in [0.2, 0.25) is 5.02 Å². The van der Waals surface area contributed by atoms with Crippen LogP contribution < -0.4 is 9.62 Å². The molecule has 1 atom stereocenters. The molecule has 2 amide bonds. The Morgan fingerprint density at radius 3 is 2.64 bits per heavy atom. The second-order valence-electron chi connectivity index (χ2n) is 5.01. The highest BCUT2D eigenvalue weighted by Crippen LogP contribution is 2.34. The maximum absolute atomic E-state index is 13.1. The number of benzene rings is 1.